The van der Waals surface area contributed by atoms with Crippen molar-refractivity contribution in [3.8, 4) is 0 Å². The molecule has 0 saturated heterocycles. The first-order valence-corrected chi connectivity index (χ1v) is 13.9. The summed E-state index contributed by atoms with van der Waals surface area (Å²) in [5, 5.41) is 4.24. The fourth-order valence-corrected chi connectivity index (χ4v) is 5.51. The summed E-state index contributed by atoms with van der Waals surface area (Å²) in [6, 6.07) is 24.6. The van der Waals surface area contributed by atoms with Gasteiger partial charge in [0.05, 0.1) is 0 Å². The van der Waals surface area contributed by atoms with Crippen molar-refractivity contribution < 1.29 is 9.59 Å². The maximum absolute atomic E-state index is 13.8. The first-order chi connectivity index (χ1) is 18.0. The van der Waals surface area contributed by atoms with E-state index in [1.165, 1.54) is 6.42 Å². The van der Waals surface area contributed by atoms with E-state index in [9.17, 15) is 9.59 Å². The van der Waals surface area contributed by atoms with E-state index < -0.39 is 6.04 Å². The van der Waals surface area contributed by atoms with Gasteiger partial charge in [0.15, 0.2) is 0 Å². The van der Waals surface area contributed by atoms with Gasteiger partial charge in [-0.15, -0.1) is 0 Å². The van der Waals surface area contributed by atoms with E-state index in [2.05, 4.69) is 5.32 Å². The normalized spacial score (nSPS) is 14.6. The molecular weight excluding hydrogens is 503 g/mol. The molecule has 3 aromatic rings. The zero-order valence-corrected chi connectivity index (χ0v) is 22.6. The predicted octanol–water partition coefficient (Wildman–Crippen LogP) is 7.02. The van der Waals surface area contributed by atoms with Crippen molar-refractivity contribution in [2.75, 3.05) is 0 Å². The molecule has 37 heavy (non-hydrogen) atoms. The van der Waals surface area contributed by atoms with Gasteiger partial charge in [-0.05, 0) is 42.5 Å². The van der Waals surface area contributed by atoms with Crippen LogP contribution in [0, 0.1) is 0 Å². The average Bonchev–Trinajstić information content (AvgIpc) is 2.92. The topological polar surface area (TPSA) is 49.4 Å². The Morgan fingerprint density at radius 3 is 2.03 bits per heavy atom. The molecule has 194 valence electrons. The van der Waals surface area contributed by atoms with E-state index >= 15 is 0 Å². The third-order valence-electron chi connectivity index (χ3n) is 7.08. The minimum Gasteiger partial charge on any atom is -0.352 e. The quantitative estimate of drug-likeness (QED) is 0.302. The molecule has 0 bridgehead atoms. The molecule has 1 saturated carbocycles. The summed E-state index contributed by atoms with van der Waals surface area (Å²) >= 11 is 13.1. The zero-order valence-electron chi connectivity index (χ0n) is 21.0. The second kappa shape index (κ2) is 13.6. The van der Waals surface area contributed by atoms with Gasteiger partial charge in [-0.25, -0.2) is 0 Å². The molecule has 1 atom stereocenters. The molecule has 4 rings (SSSR count). The lowest BCUT2D eigenvalue weighted by atomic mass is 9.94. The largest absolute Gasteiger partial charge is 0.352 e. The molecule has 1 aliphatic carbocycles. The number of nitrogens with one attached hydrogen (secondary N) is 1. The second-order valence-corrected chi connectivity index (χ2v) is 10.6. The van der Waals surface area contributed by atoms with Crippen LogP contribution in [0.3, 0.4) is 0 Å². The van der Waals surface area contributed by atoms with Crippen LogP contribution < -0.4 is 5.32 Å². The fraction of sp³-hybridized carbons (Fsp3) is 0.355. The van der Waals surface area contributed by atoms with Crippen LogP contribution in [0.15, 0.2) is 78.9 Å². The first kappa shape index (κ1) is 27.2. The molecule has 1 fully saturated rings. The van der Waals surface area contributed by atoms with Crippen LogP contribution >= 0.6 is 23.2 Å². The van der Waals surface area contributed by atoms with Gasteiger partial charge in [-0.1, -0.05) is 109 Å². The Kier molecular flexibility index (Phi) is 10.0. The minimum atomic E-state index is -0.681. The third kappa shape index (κ3) is 7.83. The SMILES string of the molecule is O=C(NC1CCCCC1)[C@H](Cc1ccccc1)N(Cc1c(Cl)cccc1Cl)C(=O)CCc1ccccc1. The van der Waals surface area contributed by atoms with Gasteiger partial charge in [0.25, 0.3) is 0 Å². The molecule has 6 heteroatoms. The molecule has 0 unspecified atom stereocenters. The van der Waals surface area contributed by atoms with Crippen LogP contribution in [-0.2, 0) is 29.0 Å². The van der Waals surface area contributed by atoms with Crippen molar-refractivity contribution in [1.29, 1.82) is 0 Å². The molecule has 2 amide bonds. The standard InChI is InChI=1S/C31H34Cl2N2O2/c32-27-17-10-18-28(33)26(27)22-35(30(36)20-19-23-11-4-1-5-12-23)29(21-24-13-6-2-7-14-24)31(37)34-25-15-8-3-9-16-25/h1-2,4-7,10-14,17-18,25,29H,3,8-9,15-16,19-22H2,(H,34,37)/t29-/m0/s1. The van der Waals surface area contributed by atoms with Crippen molar-refractivity contribution in [3.63, 3.8) is 0 Å². The molecule has 1 N–H and O–H groups in total. The lowest BCUT2D eigenvalue weighted by Gasteiger charge is -2.34. The molecule has 0 heterocycles. The van der Waals surface area contributed by atoms with Gasteiger partial charge in [-0.2, -0.15) is 0 Å². The lowest BCUT2D eigenvalue weighted by Crippen LogP contribution is -2.53. The molecule has 0 radical (unpaired) electrons. The van der Waals surface area contributed by atoms with Crippen LogP contribution in [0.1, 0.15) is 55.2 Å². The number of halogens is 2. The highest BCUT2D eigenvalue weighted by Gasteiger charge is 2.32. The Labute approximate surface area is 230 Å². The Balaban J connectivity index is 1.64. The van der Waals surface area contributed by atoms with Gasteiger partial charge in [0.2, 0.25) is 11.8 Å². The van der Waals surface area contributed by atoms with Crippen molar-refractivity contribution in [1.82, 2.24) is 10.2 Å². The van der Waals surface area contributed by atoms with Crippen LogP contribution in [0.2, 0.25) is 10.0 Å². The molecule has 0 aromatic heterocycles. The summed E-state index contributed by atoms with van der Waals surface area (Å²) in [5.41, 5.74) is 2.73. The number of amides is 2. The zero-order chi connectivity index (χ0) is 26.0. The second-order valence-electron chi connectivity index (χ2n) is 9.76. The highest BCUT2D eigenvalue weighted by Crippen LogP contribution is 2.28. The predicted molar refractivity (Wildman–Crippen MR) is 151 cm³/mol. The summed E-state index contributed by atoms with van der Waals surface area (Å²) in [5.74, 6) is -0.216. The van der Waals surface area contributed by atoms with Crippen LogP contribution in [0.4, 0.5) is 0 Å². The first-order valence-electron chi connectivity index (χ1n) is 13.1. The summed E-state index contributed by atoms with van der Waals surface area (Å²) in [6.45, 7) is 0.168. The Morgan fingerprint density at radius 2 is 1.41 bits per heavy atom. The van der Waals surface area contributed by atoms with Crippen molar-refractivity contribution in [3.05, 3.63) is 106 Å². The smallest absolute Gasteiger partial charge is 0.243 e. The molecule has 3 aromatic carbocycles. The fourth-order valence-electron chi connectivity index (χ4n) is 4.99. The van der Waals surface area contributed by atoms with E-state index in [1.54, 1.807) is 23.1 Å². The van der Waals surface area contributed by atoms with Gasteiger partial charge < -0.3 is 10.2 Å². The summed E-state index contributed by atoms with van der Waals surface area (Å²) < 4.78 is 0. The molecular formula is C31H34Cl2N2O2. The van der Waals surface area contributed by atoms with Gasteiger partial charge in [-0.3, -0.25) is 9.59 Å². The number of benzene rings is 3. The van der Waals surface area contributed by atoms with Crippen LogP contribution in [-0.4, -0.2) is 28.8 Å². The Hall–Kier alpha value is -2.82. The molecule has 4 nitrogen and oxygen atoms in total. The molecule has 0 aliphatic heterocycles. The van der Waals surface area contributed by atoms with E-state index in [0.29, 0.717) is 28.5 Å². The van der Waals surface area contributed by atoms with Crippen molar-refractivity contribution >= 4 is 35.0 Å². The van der Waals surface area contributed by atoms with Crippen molar-refractivity contribution in [2.45, 2.75) is 70.0 Å². The number of nitrogens with zero attached hydrogens (tertiary/aromatic N) is 1. The summed E-state index contributed by atoms with van der Waals surface area (Å²) in [6.07, 6.45) is 6.67. The average molecular weight is 538 g/mol. The lowest BCUT2D eigenvalue weighted by molar-refractivity contribution is -0.141. The maximum Gasteiger partial charge on any atom is 0.243 e. The van der Waals surface area contributed by atoms with Crippen LogP contribution in [0.25, 0.3) is 0 Å². The molecule has 1 aliphatic rings. The number of aryl methyl sites for hydroxylation is 1. The summed E-state index contributed by atoms with van der Waals surface area (Å²) in [7, 11) is 0. The Morgan fingerprint density at radius 1 is 0.811 bits per heavy atom. The van der Waals surface area contributed by atoms with Gasteiger partial charge in [0, 0.05) is 41.0 Å². The molecule has 0 spiro atoms. The van der Waals surface area contributed by atoms with E-state index in [4.69, 9.17) is 23.2 Å². The number of carbonyl (C=O) groups excluding carboxylic acids is 2. The highest BCUT2D eigenvalue weighted by atomic mass is 35.5. The number of hydrogen-bond donors (Lipinski definition) is 1. The van der Waals surface area contributed by atoms with Crippen molar-refractivity contribution in [2.24, 2.45) is 0 Å². The number of rotatable bonds is 10. The Bertz CT molecular complexity index is 1140. The summed E-state index contributed by atoms with van der Waals surface area (Å²) in [4.78, 5) is 29.3. The monoisotopic (exact) mass is 536 g/mol. The van der Waals surface area contributed by atoms with E-state index in [1.807, 2.05) is 60.7 Å². The third-order valence-corrected chi connectivity index (χ3v) is 7.79. The number of hydrogen-bond acceptors (Lipinski definition) is 2. The van der Waals surface area contributed by atoms with Crippen LogP contribution in [0.5, 0.6) is 0 Å². The highest BCUT2D eigenvalue weighted by molar-refractivity contribution is 6.36. The van der Waals surface area contributed by atoms with Gasteiger partial charge in [0.1, 0.15) is 6.04 Å². The van der Waals surface area contributed by atoms with E-state index in [-0.39, 0.29) is 30.8 Å². The number of carbonyl (C=O) groups is 2. The minimum absolute atomic E-state index is 0.0976. The maximum atomic E-state index is 13.8. The van der Waals surface area contributed by atoms with Gasteiger partial charge >= 0.3 is 0 Å². The van der Waals surface area contributed by atoms with E-state index in [0.717, 1.165) is 36.8 Å².